The molecule has 1 atom stereocenters. The van der Waals surface area contributed by atoms with E-state index in [9.17, 15) is 4.79 Å². The van der Waals surface area contributed by atoms with Crippen LogP contribution in [0.5, 0.6) is 0 Å². The highest BCUT2D eigenvalue weighted by Gasteiger charge is 2.25. The molecule has 1 aliphatic heterocycles. The Bertz CT molecular complexity index is 923. The van der Waals surface area contributed by atoms with E-state index in [2.05, 4.69) is 20.2 Å². The Morgan fingerprint density at radius 3 is 3.11 bits per heavy atom. The fraction of sp³-hybridized carbons (Fsp3) is 0.421. The molecule has 1 amide bonds. The van der Waals surface area contributed by atoms with Crippen molar-refractivity contribution in [3.05, 3.63) is 48.3 Å². The highest BCUT2D eigenvalue weighted by atomic mass is 16.5. The second-order valence-corrected chi connectivity index (χ2v) is 6.83. The van der Waals surface area contributed by atoms with Gasteiger partial charge in [0.05, 0.1) is 17.4 Å². The molecule has 3 aromatic heterocycles. The Balaban J connectivity index is 1.29. The molecule has 0 saturated carbocycles. The monoisotopic (exact) mass is 382 g/mol. The first-order valence-corrected chi connectivity index (χ1v) is 9.30. The number of aromatic nitrogens is 5. The number of likely N-dealkylation sites (tertiary alicyclic amines) is 1. The first-order chi connectivity index (χ1) is 13.7. The Labute approximate surface area is 162 Å². The molecular formula is C19H22N6O3. The molecule has 4 heterocycles. The number of nitrogens with zero attached hydrogens (tertiary/aromatic N) is 6. The lowest BCUT2D eigenvalue weighted by Gasteiger charge is -2.32. The Hall–Kier alpha value is -3.07. The standard InChI is InChI=1S/C19H22N6O3/c1-14-6-9-25(22-14)12-18(26)24-8-3-5-16(11-24)27-13-17-21-19(28-23-17)15-4-2-7-20-10-15/h2,4,6-7,9-10,16H,3,5,8,11-13H2,1H3. The van der Waals surface area contributed by atoms with Gasteiger partial charge in [-0.2, -0.15) is 10.1 Å². The number of carbonyl (C=O) groups is 1. The van der Waals surface area contributed by atoms with Crippen LogP contribution in [0.25, 0.3) is 11.5 Å². The molecule has 0 aromatic carbocycles. The molecule has 146 valence electrons. The van der Waals surface area contributed by atoms with Crippen LogP contribution in [0.1, 0.15) is 24.4 Å². The zero-order valence-electron chi connectivity index (χ0n) is 15.7. The minimum Gasteiger partial charge on any atom is -0.368 e. The number of ether oxygens (including phenoxy) is 1. The minimum absolute atomic E-state index is 0.0441. The van der Waals surface area contributed by atoms with Gasteiger partial charge in [-0.25, -0.2) is 0 Å². The van der Waals surface area contributed by atoms with E-state index in [1.54, 1.807) is 17.1 Å². The summed E-state index contributed by atoms with van der Waals surface area (Å²) in [5, 5.41) is 8.23. The molecule has 1 unspecified atom stereocenters. The largest absolute Gasteiger partial charge is 0.368 e. The second-order valence-electron chi connectivity index (χ2n) is 6.83. The van der Waals surface area contributed by atoms with Gasteiger partial charge >= 0.3 is 0 Å². The first-order valence-electron chi connectivity index (χ1n) is 9.30. The van der Waals surface area contributed by atoms with Crippen LogP contribution >= 0.6 is 0 Å². The van der Waals surface area contributed by atoms with Crippen LogP contribution < -0.4 is 0 Å². The molecule has 9 heteroatoms. The fourth-order valence-electron chi connectivity index (χ4n) is 3.20. The second kappa shape index (κ2) is 8.30. The van der Waals surface area contributed by atoms with E-state index in [1.807, 2.05) is 36.2 Å². The lowest BCUT2D eigenvalue weighted by Crippen LogP contribution is -2.44. The van der Waals surface area contributed by atoms with Crippen molar-refractivity contribution in [3.8, 4) is 11.5 Å². The normalized spacial score (nSPS) is 17.0. The van der Waals surface area contributed by atoms with E-state index >= 15 is 0 Å². The van der Waals surface area contributed by atoms with E-state index in [0.29, 0.717) is 18.3 Å². The molecule has 4 rings (SSSR count). The third-order valence-corrected chi connectivity index (χ3v) is 4.63. The highest BCUT2D eigenvalue weighted by molar-refractivity contribution is 5.76. The summed E-state index contributed by atoms with van der Waals surface area (Å²) >= 11 is 0. The van der Waals surface area contributed by atoms with Gasteiger partial charge in [0.1, 0.15) is 13.2 Å². The van der Waals surface area contributed by atoms with Gasteiger partial charge in [0.25, 0.3) is 5.89 Å². The molecule has 1 fully saturated rings. The molecule has 1 aliphatic rings. The third-order valence-electron chi connectivity index (χ3n) is 4.63. The average molecular weight is 382 g/mol. The topological polar surface area (TPSA) is 99.2 Å². The summed E-state index contributed by atoms with van der Waals surface area (Å²) < 4.78 is 12.9. The number of hydrogen-bond acceptors (Lipinski definition) is 7. The molecule has 9 nitrogen and oxygen atoms in total. The van der Waals surface area contributed by atoms with Gasteiger partial charge in [0.2, 0.25) is 5.91 Å². The van der Waals surface area contributed by atoms with Gasteiger partial charge < -0.3 is 14.2 Å². The Morgan fingerprint density at radius 2 is 2.32 bits per heavy atom. The van der Waals surface area contributed by atoms with Gasteiger partial charge in [-0.1, -0.05) is 5.16 Å². The predicted octanol–water partition coefficient (Wildman–Crippen LogP) is 1.84. The number of piperidine rings is 1. The van der Waals surface area contributed by atoms with Crippen molar-refractivity contribution in [2.24, 2.45) is 0 Å². The number of rotatable bonds is 6. The van der Waals surface area contributed by atoms with Crippen molar-refractivity contribution >= 4 is 5.91 Å². The van der Waals surface area contributed by atoms with Crippen LogP contribution in [0.15, 0.2) is 41.3 Å². The number of aryl methyl sites for hydroxylation is 1. The summed E-state index contributed by atoms with van der Waals surface area (Å²) in [6.07, 6.45) is 6.94. The summed E-state index contributed by atoms with van der Waals surface area (Å²) in [7, 11) is 0. The fourth-order valence-corrected chi connectivity index (χ4v) is 3.20. The smallest absolute Gasteiger partial charge is 0.259 e. The van der Waals surface area contributed by atoms with Crippen molar-refractivity contribution in [2.45, 2.75) is 39.0 Å². The molecule has 28 heavy (non-hydrogen) atoms. The van der Waals surface area contributed by atoms with Crippen LogP contribution in [-0.4, -0.2) is 54.9 Å². The SMILES string of the molecule is Cc1ccn(CC(=O)N2CCCC(OCc3noc(-c4cccnc4)n3)C2)n1. The minimum atomic E-state index is -0.0441. The maximum absolute atomic E-state index is 12.5. The lowest BCUT2D eigenvalue weighted by atomic mass is 10.1. The molecule has 0 N–H and O–H groups in total. The van der Waals surface area contributed by atoms with Gasteiger partial charge in [-0.15, -0.1) is 0 Å². The predicted molar refractivity (Wildman–Crippen MR) is 98.9 cm³/mol. The zero-order chi connectivity index (χ0) is 19.3. The van der Waals surface area contributed by atoms with Crippen LogP contribution in [-0.2, 0) is 22.7 Å². The van der Waals surface area contributed by atoms with Crippen molar-refractivity contribution in [1.29, 1.82) is 0 Å². The summed E-state index contributed by atoms with van der Waals surface area (Å²) in [6, 6.07) is 5.56. The van der Waals surface area contributed by atoms with E-state index in [-0.39, 0.29) is 25.2 Å². The molecule has 3 aromatic rings. The maximum atomic E-state index is 12.5. The van der Waals surface area contributed by atoms with Gasteiger partial charge in [-0.05, 0) is 38.0 Å². The summed E-state index contributed by atoms with van der Waals surface area (Å²) in [5.41, 5.74) is 1.67. The molecular weight excluding hydrogens is 360 g/mol. The van der Waals surface area contributed by atoms with E-state index in [0.717, 1.165) is 30.6 Å². The van der Waals surface area contributed by atoms with Gasteiger partial charge in [0, 0.05) is 31.7 Å². The van der Waals surface area contributed by atoms with E-state index in [1.165, 1.54) is 0 Å². The van der Waals surface area contributed by atoms with Crippen molar-refractivity contribution in [2.75, 3.05) is 13.1 Å². The van der Waals surface area contributed by atoms with Crippen LogP contribution in [0, 0.1) is 6.92 Å². The van der Waals surface area contributed by atoms with Crippen molar-refractivity contribution in [1.82, 2.24) is 29.8 Å². The average Bonchev–Trinajstić information content (AvgIpc) is 3.36. The van der Waals surface area contributed by atoms with E-state index < -0.39 is 0 Å². The zero-order valence-corrected chi connectivity index (χ0v) is 15.7. The molecule has 0 aliphatic carbocycles. The van der Waals surface area contributed by atoms with Crippen molar-refractivity contribution < 1.29 is 14.1 Å². The maximum Gasteiger partial charge on any atom is 0.259 e. The van der Waals surface area contributed by atoms with Gasteiger partial charge in [-0.3, -0.25) is 14.5 Å². The molecule has 0 bridgehead atoms. The van der Waals surface area contributed by atoms with E-state index in [4.69, 9.17) is 9.26 Å². The number of pyridine rings is 1. The quantitative estimate of drug-likeness (QED) is 0.641. The summed E-state index contributed by atoms with van der Waals surface area (Å²) in [6.45, 7) is 3.71. The first kappa shape index (κ1) is 18.3. The Morgan fingerprint density at radius 1 is 1.39 bits per heavy atom. The number of amides is 1. The third kappa shape index (κ3) is 4.42. The molecule has 0 spiro atoms. The highest BCUT2D eigenvalue weighted by Crippen LogP contribution is 2.18. The van der Waals surface area contributed by atoms with Crippen LogP contribution in [0.4, 0.5) is 0 Å². The summed E-state index contributed by atoms with van der Waals surface area (Å²) in [5.74, 6) is 0.950. The molecule has 1 saturated heterocycles. The van der Waals surface area contributed by atoms with Crippen molar-refractivity contribution in [3.63, 3.8) is 0 Å². The number of carbonyl (C=O) groups excluding carboxylic acids is 1. The van der Waals surface area contributed by atoms with Crippen LogP contribution in [0.3, 0.4) is 0 Å². The summed E-state index contributed by atoms with van der Waals surface area (Å²) in [4.78, 5) is 22.7. The molecule has 0 radical (unpaired) electrons. The number of hydrogen-bond donors (Lipinski definition) is 0. The van der Waals surface area contributed by atoms with Gasteiger partial charge in [0.15, 0.2) is 5.82 Å². The Kier molecular flexibility index (Phi) is 5.43. The van der Waals surface area contributed by atoms with Crippen LogP contribution in [0.2, 0.25) is 0 Å². The lowest BCUT2D eigenvalue weighted by molar-refractivity contribution is -0.136.